The Kier molecular flexibility index (Phi) is 6.08. The Balaban J connectivity index is 1.88. The zero-order valence-electron chi connectivity index (χ0n) is 12.9. The summed E-state index contributed by atoms with van der Waals surface area (Å²) in [4.78, 5) is 13.0. The molecule has 2 aromatic rings. The summed E-state index contributed by atoms with van der Waals surface area (Å²) in [7, 11) is 0. The maximum Gasteiger partial charge on any atom is 0.422 e. The number of rotatable bonds is 7. The Morgan fingerprint density at radius 2 is 2.00 bits per heavy atom. The number of anilines is 1. The first-order valence-corrected chi connectivity index (χ1v) is 8.08. The quantitative estimate of drug-likeness (QED) is 0.787. The number of thiophene rings is 1. The van der Waals surface area contributed by atoms with Crippen molar-refractivity contribution in [2.24, 2.45) is 0 Å². The Bertz CT molecular complexity index is 660. The van der Waals surface area contributed by atoms with Crippen molar-refractivity contribution < 1.29 is 22.7 Å². The van der Waals surface area contributed by atoms with E-state index in [-0.39, 0.29) is 24.2 Å². The van der Waals surface area contributed by atoms with E-state index in [4.69, 9.17) is 4.74 Å². The van der Waals surface area contributed by atoms with Gasteiger partial charge < -0.3 is 15.4 Å². The fraction of sp³-hybridized carbons (Fsp3) is 0.312. The highest BCUT2D eigenvalue weighted by atomic mass is 32.1. The van der Waals surface area contributed by atoms with Gasteiger partial charge in [0.25, 0.3) is 0 Å². The molecule has 0 aliphatic heterocycles. The Labute approximate surface area is 141 Å². The van der Waals surface area contributed by atoms with Crippen LogP contribution in [0.3, 0.4) is 0 Å². The van der Waals surface area contributed by atoms with E-state index in [1.807, 2.05) is 24.4 Å². The topological polar surface area (TPSA) is 50.4 Å². The van der Waals surface area contributed by atoms with Crippen LogP contribution in [0.2, 0.25) is 0 Å². The van der Waals surface area contributed by atoms with Gasteiger partial charge in [0.2, 0.25) is 5.91 Å². The summed E-state index contributed by atoms with van der Waals surface area (Å²) >= 11 is 1.54. The molecule has 1 atom stereocenters. The lowest BCUT2D eigenvalue weighted by Crippen LogP contribution is -2.31. The molecule has 0 fully saturated rings. The fourth-order valence-electron chi connectivity index (χ4n) is 1.97. The molecule has 0 aliphatic carbocycles. The first-order chi connectivity index (χ1) is 11.3. The van der Waals surface area contributed by atoms with Crippen LogP contribution in [0.5, 0.6) is 5.75 Å². The van der Waals surface area contributed by atoms with Crippen molar-refractivity contribution in [2.45, 2.75) is 19.1 Å². The van der Waals surface area contributed by atoms with Gasteiger partial charge in [0.1, 0.15) is 5.75 Å². The number of halogens is 3. The number of carbonyl (C=O) groups excluding carboxylic acids is 1. The van der Waals surface area contributed by atoms with Crippen molar-refractivity contribution >= 4 is 22.9 Å². The summed E-state index contributed by atoms with van der Waals surface area (Å²) in [5.74, 6) is -0.213. The molecule has 8 heteroatoms. The Hall–Kier alpha value is -2.22. The number of hydrogen-bond donors (Lipinski definition) is 2. The SMILES string of the molecule is CC(NC(=O)CNc1ccccc1OCC(F)(F)F)c1cccs1. The number of carbonyl (C=O) groups is 1. The second-order valence-corrected chi connectivity index (χ2v) is 6.04. The van der Waals surface area contributed by atoms with E-state index in [1.165, 1.54) is 17.4 Å². The number of hydrogen-bond acceptors (Lipinski definition) is 4. The van der Waals surface area contributed by atoms with E-state index in [9.17, 15) is 18.0 Å². The van der Waals surface area contributed by atoms with Crippen molar-refractivity contribution in [1.29, 1.82) is 0 Å². The molecule has 0 saturated carbocycles. The number of amides is 1. The molecule has 1 aromatic carbocycles. The van der Waals surface area contributed by atoms with Gasteiger partial charge in [0, 0.05) is 4.88 Å². The molecule has 0 spiro atoms. The molecule has 24 heavy (non-hydrogen) atoms. The molecule has 4 nitrogen and oxygen atoms in total. The van der Waals surface area contributed by atoms with Gasteiger partial charge in [-0.25, -0.2) is 0 Å². The molecule has 0 radical (unpaired) electrons. The van der Waals surface area contributed by atoms with Gasteiger partial charge in [-0.2, -0.15) is 13.2 Å². The van der Waals surface area contributed by atoms with Gasteiger partial charge in [-0.1, -0.05) is 18.2 Å². The van der Waals surface area contributed by atoms with E-state index < -0.39 is 12.8 Å². The molecule has 1 amide bonds. The third kappa shape index (κ3) is 5.77. The fourth-order valence-corrected chi connectivity index (χ4v) is 2.71. The molecule has 0 bridgehead atoms. The van der Waals surface area contributed by atoms with Crippen LogP contribution >= 0.6 is 11.3 Å². The minimum atomic E-state index is -4.42. The van der Waals surface area contributed by atoms with Gasteiger partial charge in [-0.15, -0.1) is 11.3 Å². The predicted octanol–water partition coefficient (Wildman–Crippen LogP) is 3.98. The number of nitrogens with one attached hydrogen (secondary N) is 2. The highest BCUT2D eigenvalue weighted by molar-refractivity contribution is 7.10. The second kappa shape index (κ2) is 8.05. The van der Waals surface area contributed by atoms with Crippen LogP contribution in [0.25, 0.3) is 0 Å². The van der Waals surface area contributed by atoms with Gasteiger partial charge in [0.05, 0.1) is 18.3 Å². The third-order valence-corrected chi connectivity index (χ3v) is 4.12. The number of ether oxygens (including phenoxy) is 1. The average molecular weight is 358 g/mol. The van der Waals surface area contributed by atoms with Crippen molar-refractivity contribution in [1.82, 2.24) is 5.32 Å². The van der Waals surface area contributed by atoms with Crippen LogP contribution in [0.4, 0.5) is 18.9 Å². The summed E-state index contributed by atoms with van der Waals surface area (Å²) in [6.07, 6.45) is -4.42. The lowest BCUT2D eigenvalue weighted by atomic mass is 10.2. The van der Waals surface area contributed by atoms with Crippen molar-refractivity contribution in [3.8, 4) is 5.75 Å². The highest BCUT2D eigenvalue weighted by Crippen LogP contribution is 2.26. The molecule has 0 aliphatic rings. The molecule has 1 unspecified atom stereocenters. The predicted molar refractivity (Wildman–Crippen MR) is 87.4 cm³/mol. The summed E-state index contributed by atoms with van der Waals surface area (Å²) in [6.45, 7) is 0.416. The highest BCUT2D eigenvalue weighted by Gasteiger charge is 2.28. The van der Waals surface area contributed by atoms with Crippen LogP contribution in [0.15, 0.2) is 41.8 Å². The molecule has 0 saturated heterocycles. The van der Waals surface area contributed by atoms with E-state index in [2.05, 4.69) is 10.6 Å². The third-order valence-electron chi connectivity index (χ3n) is 3.07. The first-order valence-electron chi connectivity index (χ1n) is 7.20. The summed E-state index contributed by atoms with van der Waals surface area (Å²) in [5.41, 5.74) is 0.334. The lowest BCUT2D eigenvalue weighted by Gasteiger charge is -2.16. The van der Waals surface area contributed by atoms with Crippen LogP contribution in [-0.4, -0.2) is 25.2 Å². The standard InChI is InChI=1S/C16H17F3N2O2S/c1-11(14-7-4-8-24-14)21-15(22)9-20-12-5-2-3-6-13(12)23-10-16(17,18)19/h2-8,11,20H,9-10H2,1H3,(H,21,22). The molecular formula is C16H17F3N2O2S. The molecule has 2 N–H and O–H groups in total. The van der Waals surface area contributed by atoms with Crippen molar-refractivity contribution in [3.63, 3.8) is 0 Å². The minimum absolute atomic E-state index is 0.0499. The summed E-state index contributed by atoms with van der Waals surface area (Å²) < 4.78 is 41.5. The Morgan fingerprint density at radius 3 is 2.67 bits per heavy atom. The Morgan fingerprint density at radius 1 is 1.25 bits per heavy atom. The number of para-hydroxylation sites is 2. The van der Waals surface area contributed by atoms with Gasteiger partial charge in [0.15, 0.2) is 6.61 Å². The van der Waals surface area contributed by atoms with Crippen LogP contribution in [0, 0.1) is 0 Å². The average Bonchev–Trinajstić information content (AvgIpc) is 3.05. The first kappa shape index (κ1) is 18.1. The largest absolute Gasteiger partial charge is 0.482 e. The zero-order valence-corrected chi connectivity index (χ0v) is 13.7. The van der Waals surface area contributed by atoms with Gasteiger partial charge in [-0.05, 0) is 30.5 Å². The molecule has 1 aromatic heterocycles. The smallest absolute Gasteiger partial charge is 0.422 e. The van der Waals surface area contributed by atoms with Crippen LogP contribution in [-0.2, 0) is 4.79 Å². The zero-order chi connectivity index (χ0) is 17.6. The second-order valence-electron chi connectivity index (χ2n) is 5.06. The van der Waals surface area contributed by atoms with E-state index in [0.29, 0.717) is 5.69 Å². The maximum absolute atomic E-state index is 12.3. The summed E-state index contributed by atoms with van der Waals surface area (Å²) in [6, 6.07) is 9.88. The van der Waals surface area contributed by atoms with Gasteiger partial charge >= 0.3 is 6.18 Å². The van der Waals surface area contributed by atoms with Crippen molar-refractivity contribution in [2.75, 3.05) is 18.5 Å². The summed E-state index contributed by atoms with van der Waals surface area (Å²) in [5, 5.41) is 7.54. The molecule has 2 rings (SSSR count). The number of benzene rings is 1. The van der Waals surface area contributed by atoms with Crippen LogP contribution in [0.1, 0.15) is 17.8 Å². The minimum Gasteiger partial charge on any atom is -0.482 e. The number of alkyl halides is 3. The van der Waals surface area contributed by atoms with E-state index >= 15 is 0 Å². The monoisotopic (exact) mass is 358 g/mol. The molecule has 130 valence electrons. The molecule has 1 heterocycles. The maximum atomic E-state index is 12.3. The van der Waals surface area contributed by atoms with Crippen molar-refractivity contribution in [3.05, 3.63) is 46.7 Å². The van der Waals surface area contributed by atoms with E-state index in [0.717, 1.165) is 4.88 Å². The van der Waals surface area contributed by atoms with Gasteiger partial charge in [-0.3, -0.25) is 4.79 Å². The van der Waals surface area contributed by atoms with E-state index in [1.54, 1.807) is 18.2 Å². The van der Waals surface area contributed by atoms with Crippen LogP contribution < -0.4 is 15.4 Å². The normalized spacial score (nSPS) is 12.5. The molecular weight excluding hydrogens is 341 g/mol. The lowest BCUT2D eigenvalue weighted by molar-refractivity contribution is -0.153.